The molecule has 0 spiro atoms. The Kier molecular flexibility index (Phi) is 5.14. The van der Waals surface area contributed by atoms with E-state index in [1.54, 1.807) is 10.7 Å². The van der Waals surface area contributed by atoms with Gasteiger partial charge in [0.25, 0.3) is 5.91 Å². The number of esters is 1. The summed E-state index contributed by atoms with van der Waals surface area (Å²) in [6.07, 6.45) is 3.89. The normalized spacial score (nSPS) is 14.0. The van der Waals surface area contributed by atoms with Gasteiger partial charge in [-0.05, 0) is 18.1 Å². The number of hydrogen-bond donors (Lipinski definition) is 0. The summed E-state index contributed by atoms with van der Waals surface area (Å²) in [6.45, 7) is 0.333. The Balaban J connectivity index is 1.56. The van der Waals surface area contributed by atoms with E-state index in [4.69, 9.17) is 16.3 Å². The van der Waals surface area contributed by atoms with E-state index < -0.39 is 18.5 Å². The molecule has 1 fully saturated rings. The quantitative estimate of drug-likeness (QED) is 0.759. The number of carbonyl (C=O) groups excluding carboxylic acids is 3. The van der Waals surface area contributed by atoms with Crippen LogP contribution in [-0.2, 0) is 20.9 Å². The number of halogens is 1. The minimum atomic E-state index is -0.662. The third-order valence-electron chi connectivity index (χ3n) is 3.86. The fourth-order valence-electron chi connectivity index (χ4n) is 2.56. The van der Waals surface area contributed by atoms with E-state index in [1.165, 1.54) is 12.4 Å². The second-order valence-corrected chi connectivity index (χ2v) is 6.04. The van der Waals surface area contributed by atoms with Crippen molar-refractivity contribution in [3.63, 3.8) is 0 Å². The largest absolute Gasteiger partial charge is 0.452 e. The van der Waals surface area contributed by atoms with Crippen LogP contribution in [0.1, 0.15) is 28.8 Å². The summed E-state index contributed by atoms with van der Waals surface area (Å²) in [5.74, 6) is -1.39. The number of imide groups is 1. The number of aromatic nitrogens is 2. The number of ether oxygens (including phenoxy) is 1. The van der Waals surface area contributed by atoms with Crippen molar-refractivity contribution in [2.24, 2.45) is 0 Å². The first-order valence-corrected chi connectivity index (χ1v) is 8.18. The fourth-order valence-corrected chi connectivity index (χ4v) is 2.75. The first-order valence-electron chi connectivity index (χ1n) is 7.81. The maximum atomic E-state index is 12.0. The molecule has 8 heteroatoms. The number of hydrogen-bond acceptors (Lipinski definition) is 5. The molecule has 1 aliphatic rings. The van der Waals surface area contributed by atoms with Crippen LogP contribution in [0.4, 0.5) is 0 Å². The summed E-state index contributed by atoms with van der Waals surface area (Å²) >= 11 is 6.10. The molecule has 1 aromatic carbocycles. The predicted octanol–water partition coefficient (Wildman–Crippen LogP) is 1.89. The molecular formula is C17H16ClN3O4. The van der Waals surface area contributed by atoms with Crippen LogP contribution in [0, 0.1) is 0 Å². The van der Waals surface area contributed by atoms with Gasteiger partial charge in [0.2, 0.25) is 5.91 Å². The molecule has 25 heavy (non-hydrogen) atoms. The van der Waals surface area contributed by atoms with Gasteiger partial charge in [-0.1, -0.05) is 29.8 Å². The number of likely N-dealkylation sites (tertiary alicyclic amines) is 1. The topological polar surface area (TPSA) is 81.5 Å². The molecule has 7 nitrogen and oxygen atoms in total. The van der Waals surface area contributed by atoms with Crippen LogP contribution in [0.25, 0.3) is 0 Å². The zero-order chi connectivity index (χ0) is 17.8. The standard InChI is InChI=1S/C17H16ClN3O4/c18-14-5-2-1-4-12(14)9-20-10-13(8-19-20)17(24)25-11-16(23)21-7-3-6-15(21)22/h1-2,4-5,8,10H,3,6-7,9,11H2. The number of carbonyl (C=O) groups is 3. The van der Waals surface area contributed by atoms with Gasteiger partial charge in [-0.25, -0.2) is 4.79 Å². The molecule has 0 bridgehead atoms. The molecular weight excluding hydrogens is 346 g/mol. The molecule has 0 saturated carbocycles. The molecule has 3 rings (SSSR count). The predicted molar refractivity (Wildman–Crippen MR) is 89.0 cm³/mol. The summed E-state index contributed by atoms with van der Waals surface area (Å²) < 4.78 is 6.54. The second-order valence-electron chi connectivity index (χ2n) is 5.64. The van der Waals surface area contributed by atoms with Gasteiger partial charge in [0.15, 0.2) is 6.61 Å². The number of nitrogens with zero attached hydrogens (tertiary/aromatic N) is 3. The van der Waals surface area contributed by atoms with Crippen molar-refractivity contribution in [1.29, 1.82) is 0 Å². The first kappa shape index (κ1) is 17.2. The average Bonchev–Trinajstić information content (AvgIpc) is 3.23. The lowest BCUT2D eigenvalue weighted by atomic mass is 10.2. The molecule has 0 radical (unpaired) electrons. The van der Waals surface area contributed by atoms with Crippen LogP contribution in [0.2, 0.25) is 5.02 Å². The van der Waals surface area contributed by atoms with Crippen LogP contribution in [-0.4, -0.2) is 45.6 Å². The number of rotatable bonds is 5. The third-order valence-corrected chi connectivity index (χ3v) is 4.23. The maximum absolute atomic E-state index is 12.0. The van der Waals surface area contributed by atoms with Crippen molar-refractivity contribution < 1.29 is 19.1 Å². The van der Waals surface area contributed by atoms with Gasteiger partial charge in [-0.15, -0.1) is 0 Å². The first-order chi connectivity index (χ1) is 12.0. The zero-order valence-electron chi connectivity index (χ0n) is 13.4. The summed E-state index contributed by atoms with van der Waals surface area (Å²) in [5.41, 5.74) is 1.10. The lowest BCUT2D eigenvalue weighted by Gasteiger charge is -2.12. The highest BCUT2D eigenvalue weighted by molar-refractivity contribution is 6.31. The van der Waals surface area contributed by atoms with Gasteiger partial charge >= 0.3 is 5.97 Å². The molecule has 0 atom stereocenters. The van der Waals surface area contributed by atoms with Gasteiger partial charge in [-0.2, -0.15) is 5.10 Å². The van der Waals surface area contributed by atoms with E-state index in [2.05, 4.69) is 5.10 Å². The highest BCUT2D eigenvalue weighted by atomic mass is 35.5. The number of benzene rings is 1. The lowest BCUT2D eigenvalue weighted by molar-refractivity contribution is -0.143. The molecule has 1 aliphatic heterocycles. The average molecular weight is 362 g/mol. The van der Waals surface area contributed by atoms with E-state index in [0.29, 0.717) is 31.0 Å². The monoisotopic (exact) mass is 361 g/mol. The van der Waals surface area contributed by atoms with Crippen LogP contribution in [0.15, 0.2) is 36.7 Å². The van der Waals surface area contributed by atoms with Crippen LogP contribution in [0.5, 0.6) is 0 Å². The molecule has 1 aromatic heterocycles. The van der Waals surface area contributed by atoms with Gasteiger partial charge in [0, 0.05) is 24.2 Å². The number of amides is 2. The van der Waals surface area contributed by atoms with E-state index in [-0.39, 0.29) is 11.5 Å². The molecule has 1 saturated heterocycles. The molecule has 2 amide bonds. The highest BCUT2D eigenvalue weighted by Crippen LogP contribution is 2.16. The molecule has 2 aromatic rings. The van der Waals surface area contributed by atoms with Gasteiger partial charge in [0.05, 0.1) is 18.3 Å². The Morgan fingerprint density at radius 1 is 1.28 bits per heavy atom. The van der Waals surface area contributed by atoms with Crippen LogP contribution < -0.4 is 0 Å². The van der Waals surface area contributed by atoms with E-state index >= 15 is 0 Å². The highest BCUT2D eigenvalue weighted by Gasteiger charge is 2.27. The van der Waals surface area contributed by atoms with Crippen molar-refractivity contribution in [2.75, 3.05) is 13.2 Å². The van der Waals surface area contributed by atoms with Crippen molar-refractivity contribution in [3.05, 3.63) is 52.8 Å². The van der Waals surface area contributed by atoms with E-state index in [1.807, 2.05) is 18.2 Å². The smallest absolute Gasteiger partial charge is 0.341 e. The SMILES string of the molecule is O=C(OCC(=O)N1CCCC1=O)c1cnn(Cc2ccccc2Cl)c1. The Bertz CT molecular complexity index is 818. The van der Waals surface area contributed by atoms with Gasteiger partial charge in [0.1, 0.15) is 0 Å². The third kappa shape index (κ3) is 4.06. The van der Waals surface area contributed by atoms with E-state index in [0.717, 1.165) is 10.5 Å². The Morgan fingerprint density at radius 2 is 2.08 bits per heavy atom. The molecule has 2 heterocycles. The van der Waals surface area contributed by atoms with Crippen molar-refractivity contribution in [3.8, 4) is 0 Å². The maximum Gasteiger partial charge on any atom is 0.341 e. The Hall–Kier alpha value is -2.67. The van der Waals surface area contributed by atoms with Crippen molar-refractivity contribution in [1.82, 2.24) is 14.7 Å². The Morgan fingerprint density at radius 3 is 2.80 bits per heavy atom. The molecule has 0 unspecified atom stereocenters. The van der Waals surface area contributed by atoms with E-state index in [9.17, 15) is 14.4 Å². The molecule has 0 aliphatic carbocycles. The fraction of sp³-hybridized carbons (Fsp3) is 0.294. The van der Waals surface area contributed by atoms with Gasteiger partial charge in [-0.3, -0.25) is 19.2 Å². The summed E-state index contributed by atoms with van der Waals surface area (Å²) in [6, 6.07) is 7.35. The Labute approximate surface area is 149 Å². The van der Waals surface area contributed by atoms with Crippen LogP contribution in [0.3, 0.4) is 0 Å². The summed E-state index contributed by atoms with van der Waals surface area (Å²) in [5, 5.41) is 4.71. The zero-order valence-corrected chi connectivity index (χ0v) is 14.1. The summed E-state index contributed by atoms with van der Waals surface area (Å²) in [4.78, 5) is 36.5. The minimum Gasteiger partial charge on any atom is -0.452 e. The second kappa shape index (κ2) is 7.48. The van der Waals surface area contributed by atoms with Crippen molar-refractivity contribution in [2.45, 2.75) is 19.4 Å². The van der Waals surface area contributed by atoms with Crippen LogP contribution >= 0.6 is 11.6 Å². The molecule has 130 valence electrons. The van der Waals surface area contributed by atoms with Crippen molar-refractivity contribution >= 4 is 29.4 Å². The minimum absolute atomic E-state index is 0.228. The molecule has 0 N–H and O–H groups in total. The summed E-state index contributed by atoms with van der Waals surface area (Å²) in [7, 11) is 0. The lowest BCUT2D eigenvalue weighted by Crippen LogP contribution is -2.35. The van der Waals surface area contributed by atoms with Gasteiger partial charge < -0.3 is 4.74 Å².